The third kappa shape index (κ3) is 2.41. The summed E-state index contributed by atoms with van der Waals surface area (Å²) >= 11 is 0. The lowest BCUT2D eigenvalue weighted by Crippen LogP contribution is -2.36. The van der Waals surface area contributed by atoms with Crippen molar-refractivity contribution in [2.75, 3.05) is 0 Å². The third-order valence-corrected chi connectivity index (χ3v) is 3.56. The van der Waals surface area contributed by atoms with Crippen LogP contribution in [-0.2, 0) is 22.4 Å². The Hall–Kier alpha value is -1.57. The molecule has 0 bridgehead atoms. The van der Waals surface area contributed by atoms with Crippen molar-refractivity contribution in [2.45, 2.75) is 32.3 Å². The average molecular weight is 230 g/mol. The molecule has 2 heteroatoms. The molecule has 0 saturated heterocycles. The maximum atomic E-state index is 11.3. The Morgan fingerprint density at radius 1 is 1.35 bits per heavy atom. The Morgan fingerprint density at radius 2 is 1.88 bits per heavy atom. The number of carbonyl (C=O) groups is 1. The van der Waals surface area contributed by atoms with Gasteiger partial charge in [0, 0.05) is 12.0 Å². The predicted molar refractivity (Wildman–Crippen MR) is 67.7 cm³/mol. The smallest absolute Gasteiger partial charge is 0.330 e. The molecule has 17 heavy (non-hydrogen) atoms. The molecule has 0 N–H and O–H groups in total. The molecule has 0 heterocycles. The second-order valence-electron chi connectivity index (χ2n) is 5.10. The molecule has 90 valence electrons. The lowest BCUT2D eigenvalue weighted by atomic mass is 9.88. The van der Waals surface area contributed by atoms with Crippen LogP contribution in [0.2, 0.25) is 0 Å². The molecule has 0 aromatic heterocycles. The summed E-state index contributed by atoms with van der Waals surface area (Å²) in [6.45, 7) is 7.39. The highest BCUT2D eigenvalue weighted by molar-refractivity contribution is 5.81. The fourth-order valence-corrected chi connectivity index (χ4v) is 2.43. The lowest BCUT2D eigenvalue weighted by molar-refractivity contribution is -0.155. The molecule has 1 aromatic carbocycles. The van der Waals surface area contributed by atoms with E-state index >= 15 is 0 Å². The monoisotopic (exact) mass is 230 g/mol. The van der Waals surface area contributed by atoms with Crippen LogP contribution in [0.1, 0.15) is 25.0 Å². The van der Waals surface area contributed by atoms with Crippen molar-refractivity contribution in [1.82, 2.24) is 0 Å². The number of rotatable bonds is 3. The van der Waals surface area contributed by atoms with E-state index in [-0.39, 0.29) is 5.97 Å². The van der Waals surface area contributed by atoms with Crippen molar-refractivity contribution in [3.63, 3.8) is 0 Å². The van der Waals surface area contributed by atoms with Crippen LogP contribution in [0.3, 0.4) is 0 Å². The first-order chi connectivity index (χ1) is 8.03. The summed E-state index contributed by atoms with van der Waals surface area (Å²) in [4.78, 5) is 11.3. The van der Waals surface area contributed by atoms with Crippen LogP contribution in [0.4, 0.5) is 0 Å². The van der Waals surface area contributed by atoms with Gasteiger partial charge in [-0.1, -0.05) is 30.8 Å². The average Bonchev–Trinajstić information content (AvgIpc) is 2.72. The minimum Gasteiger partial charge on any atom is -0.456 e. The van der Waals surface area contributed by atoms with Crippen molar-refractivity contribution in [3.8, 4) is 0 Å². The van der Waals surface area contributed by atoms with Crippen LogP contribution in [0, 0.1) is 5.92 Å². The summed E-state index contributed by atoms with van der Waals surface area (Å²) in [5.41, 5.74) is 2.31. The van der Waals surface area contributed by atoms with Crippen molar-refractivity contribution in [3.05, 3.63) is 48.0 Å². The minimum atomic E-state index is -0.440. The summed E-state index contributed by atoms with van der Waals surface area (Å²) in [7, 11) is 0. The Kier molecular flexibility index (Phi) is 3.05. The first-order valence-corrected chi connectivity index (χ1v) is 5.95. The fraction of sp³-hybridized carbons (Fsp3) is 0.400. The van der Waals surface area contributed by atoms with Crippen LogP contribution in [0.5, 0.6) is 0 Å². The maximum absolute atomic E-state index is 11.3. The van der Waals surface area contributed by atoms with Crippen molar-refractivity contribution in [2.24, 2.45) is 5.92 Å². The molecule has 0 fully saturated rings. The number of hydrogen-bond acceptors (Lipinski definition) is 2. The highest BCUT2D eigenvalue weighted by atomic mass is 16.6. The molecule has 0 spiro atoms. The summed E-state index contributed by atoms with van der Waals surface area (Å²) < 4.78 is 5.45. The predicted octanol–water partition coefficient (Wildman–Crippen LogP) is 2.91. The number of esters is 1. The first-order valence-electron chi connectivity index (χ1n) is 5.95. The highest BCUT2D eigenvalue weighted by Gasteiger charge is 2.36. The van der Waals surface area contributed by atoms with E-state index in [9.17, 15) is 4.79 Å². The van der Waals surface area contributed by atoms with Crippen LogP contribution in [0.15, 0.2) is 36.9 Å². The molecule has 2 rings (SSSR count). The zero-order valence-electron chi connectivity index (χ0n) is 10.4. The van der Waals surface area contributed by atoms with Crippen LogP contribution in [-0.4, -0.2) is 11.6 Å². The van der Waals surface area contributed by atoms with Gasteiger partial charge in [-0.15, -0.1) is 0 Å². The Bertz CT molecular complexity index is 421. The quantitative estimate of drug-likeness (QED) is 0.589. The second kappa shape index (κ2) is 4.36. The number of carbonyl (C=O) groups excluding carboxylic acids is 1. The Morgan fingerprint density at radius 3 is 2.35 bits per heavy atom. The molecule has 1 aliphatic rings. The normalized spacial score (nSPS) is 15.4. The molecule has 0 aliphatic heterocycles. The van der Waals surface area contributed by atoms with Gasteiger partial charge in [-0.25, -0.2) is 4.79 Å². The number of benzene rings is 1. The van der Waals surface area contributed by atoms with Gasteiger partial charge in [0.25, 0.3) is 0 Å². The van der Waals surface area contributed by atoms with Gasteiger partial charge in [-0.05, 0) is 37.8 Å². The van der Waals surface area contributed by atoms with E-state index in [0.29, 0.717) is 5.92 Å². The lowest BCUT2D eigenvalue weighted by Gasteiger charge is -2.30. The van der Waals surface area contributed by atoms with E-state index in [4.69, 9.17) is 4.74 Å². The number of ether oxygens (including phenoxy) is 1. The molecule has 0 unspecified atom stereocenters. The van der Waals surface area contributed by atoms with Gasteiger partial charge in [-0.3, -0.25) is 0 Å². The summed E-state index contributed by atoms with van der Waals surface area (Å²) in [5.74, 6) is 0.00903. The van der Waals surface area contributed by atoms with Gasteiger partial charge in [0.05, 0.1) is 0 Å². The van der Waals surface area contributed by atoms with Crippen molar-refractivity contribution < 1.29 is 9.53 Å². The van der Waals surface area contributed by atoms with E-state index in [2.05, 4.69) is 30.8 Å². The standard InChI is InChI=1S/C15H18O2/c1-4-14(16)17-15(2,3)13-9-11-7-5-6-8-12(11)10-13/h4-8,13H,1,9-10H2,2-3H3. The topological polar surface area (TPSA) is 26.3 Å². The maximum Gasteiger partial charge on any atom is 0.330 e. The summed E-state index contributed by atoms with van der Waals surface area (Å²) in [6, 6.07) is 8.43. The van der Waals surface area contributed by atoms with Gasteiger partial charge >= 0.3 is 5.97 Å². The number of hydrogen-bond donors (Lipinski definition) is 0. The van der Waals surface area contributed by atoms with E-state index < -0.39 is 5.60 Å². The highest BCUT2D eigenvalue weighted by Crippen LogP contribution is 2.35. The largest absolute Gasteiger partial charge is 0.456 e. The van der Waals surface area contributed by atoms with E-state index in [1.165, 1.54) is 17.2 Å². The molecule has 0 atom stereocenters. The van der Waals surface area contributed by atoms with Gasteiger partial charge in [0.1, 0.15) is 5.60 Å². The molecule has 0 amide bonds. The Labute approximate surface area is 102 Å². The van der Waals surface area contributed by atoms with Crippen LogP contribution >= 0.6 is 0 Å². The molecule has 0 radical (unpaired) electrons. The van der Waals surface area contributed by atoms with Gasteiger partial charge in [0.2, 0.25) is 0 Å². The third-order valence-electron chi connectivity index (χ3n) is 3.56. The van der Waals surface area contributed by atoms with E-state index in [1.54, 1.807) is 0 Å². The van der Waals surface area contributed by atoms with Crippen LogP contribution < -0.4 is 0 Å². The molecule has 1 aromatic rings. The Balaban J connectivity index is 2.11. The first kappa shape index (κ1) is 11.9. The van der Waals surface area contributed by atoms with Crippen molar-refractivity contribution >= 4 is 5.97 Å². The van der Waals surface area contributed by atoms with Crippen molar-refractivity contribution in [1.29, 1.82) is 0 Å². The fourth-order valence-electron chi connectivity index (χ4n) is 2.43. The van der Waals surface area contributed by atoms with E-state index in [1.807, 2.05) is 13.8 Å². The van der Waals surface area contributed by atoms with Gasteiger partial charge in [-0.2, -0.15) is 0 Å². The zero-order valence-corrected chi connectivity index (χ0v) is 10.4. The SMILES string of the molecule is C=CC(=O)OC(C)(C)C1Cc2ccccc2C1. The molecular formula is C15H18O2. The second-order valence-corrected chi connectivity index (χ2v) is 5.10. The van der Waals surface area contributed by atoms with E-state index in [0.717, 1.165) is 12.8 Å². The van der Waals surface area contributed by atoms with Gasteiger partial charge in [0.15, 0.2) is 0 Å². The van der Waals surface area contributed by atoms with Gasteiger partial charge < -0.3 is 4.74 Å². The minimum absolute atomic E-state index is 0.342. The molecule has 1 aliphatic carbocycles. The summed E-state index contributed by atoms with van der Waals surface area (Å²) in [6.07, 6.45) is 3.19. The molecule has 2 nitrogen and oxygen atoms in total. The zero-order chi connectivity index (χ0) is 12.5. The molecular weight excluding hydrogens is 212 g/mol. The number of fused-ring (bicyclic) bond motifs is 1. The summed E-state index contributed by atoms with van der Waals surface area (Å²) in [5, 5.41) is 0. The molecule has 0 saturated carbocycles. The van der Waals surface area contributed by atoms with Crippen LogP contribution in [0.25, 0.3) is 0 Å².